The topological polar surface area (TPSA) is 127 Å². The van der Waals surface area contributed by atoms with E-state index >= 15 is 0 Å². The fraction of sp³-hybridized carbons (Fsp3) is 0.222. The van der Waals surface area contributed by atoms with Gasteiger partial charge in [-0.05, 0) is 23.4 Å². The summed E-state index contributed by atoms with van der Waals surface area (Å²) in [5, 5.41) is 10.3. The molecular formula is C18H17N5O3S. The van der Waals surface area contributed by atoms with Crippen LogP contribution in [-0.4, -0.2) is 34.9 Å². The number of H-pyrrole nitrogens is 1. The van der Waals surface area contributed by atoms with Crippen molar-refractivity contribution in [1.29, 1.82) is 5.26 Å². The van der Waals surface area contributed by atoms with Gasteiger partial charge in [-0.15, -0.1) is 0 Å². The minimum absolute atomic E-state index is 0.0142. The lowest BCUT2D eigenvalue weighted by atomic mass is 9.97. The molecule has 3 aromatic rings. The van der Waals surface area contributed by atoms with E-state index in [9.17, 15) is 10.1 Å². The lowest BCUT2D eigenvalue weighted by Crippen LogP contribution is -2.13. The van der Waals surface area contributed by atoms with Crippen LogP contribution in [0.3, 0.4) is 0 Å². The summed E-state index contributed by atoms with van der Waals surface area (Å²) in [5.41, 5.74) is 6.84. The number of nitriles is 1. The standard InChI is InChI=1S/C18H17N5O3S/c1-4-27-18-22-16-14(17(24)23-18)13(10(8-19)15(20)21-16)9-5-6-11(25-2)12(7-9)26-3/h5-7H,4H2,1-3H3,(H3,20,21,22,23,24). The van der Waals surface area contributed by atoms with Crippen molar-refractivity contribution in [3.63, 3.8) is 0 Å². The Labute approximate surface area is 159 Å². The van der Waals surface area contributed by atoms with Crippen molar-refractivity contribution in [2.45, 2.75) is 12.1 Å². The third-order valence-corrected chi connectivity index (χ3v) is 4.68. The Morgan fingerprint density at radius 1 is 1.26 bits per heavy atom. The third kappa shape index (κ3) is 3.27. The van der Waals surface area contributed by atoms with Gasteiger partial charge in [-0.1, -0.05) is 24.8 Å². The number of hydrogen-bond donors (Lipinski definition) is 2. The Bertz CT molecular complexity index is 1120. The van der Waals surface area contributed by atoms with Crippen molar-refractivity contribution >= 4 is 28.6 Å². The zero-order valence-corrected chi connectivity index (χ0v) is 15.8. The van der Waals surface area contributed by atoms with Gasteiger partial charge >= 0.3 is 0 Å². The molecule has 0 amide bonds. The molecule has 0 saturated heterocycles. The maximum atomic E-state index is 12.8. The van der Waals surface area contributed by atoms with Crippen LogP contribution in [0.4, 0.5) is 5.82 Å². The first-order valence-electron chi connectivity index (χ1n) is 8.02. The highest BCUT2D eigenvalue weighted by atomic mass is 32.2. The molecular weight excluding hydrogens is 366 g/mol. The van der Waals surface area contributed by atoms with Gasteiger partial charge in [0.15, 0.2) is 22.3 Å². The van der Waals surface area contributed by atoms with Gasteiger partial charge in [0, 0.05) is 5.56 Å². The molecule has 0 saturated carbocycles. The molecule has 0 aliphatic carbocycles. The van der Waals surface area contributed by atoms with Crippen molar-refractivity contribution in [2.75, 3.05) is 25.7 Å². The molecule has 1 aromatic carbocycles. The average Bonchev–Trinajstić information content (AvgIpc) is 2.66. The second-order valence-electron chi connectivity index (χ2n) is 5.43. The smallest absolute Gasteiger partial charge is 0.261 e. The Morgan fingerprint density at radius 3 is 2.63 bits per heavy atom. The highest BCUT2D eigenvalue weighted by Crippen LogP contribution is 2.37. The number of nitrogens with zero attached hydrogens (tertiary/aromatic N) is 3. The molecule has 0 radical (unpaired) electrons. The minimum atomic E-state index is -0.385. The number of nitrogens with one attached hydrogen (secondary N) is 1. The van der Waals surface area contributed by atoms with E-state index in [0.717, 1.165) is 5.75 Å². The number of ether oxygens (including phenoxy) is 2. The highest BCUT2D eigenvalue weighted by Gasteiger charge is 2.20. The molecule has 0 unspecified atom stereocenters. The number of anilines is 1. The summed E-state index contributed by atoms with van der Waals surface area (Å²) in [5.74, 6) is 1.74. The predicted molar refractivity (Wildman–Crippen MR) is 104 cm³/mol. The lowest BCUT2D eigenvalue weighted by molar-refractivity contribution is 0.355. The first-order valence-corrected chi connectivity index (χ1v) is 9.01. The van der Waals surface area contributed by atoms with Gasteiger partial charge in [-0.3, -0.25) is 4.79 Å². The zero-order valence-electron chi connectivity index (χ0n) is 15.0. The summed E-state index contributed by atoms with van der Waals surface area (Å²) < 4.78 is 10.6. The second-order valence-corrected chi connectivity index (χ2v) is 6.68. The van der Waals surface area contributed by atoms with Gasteiger partial charge in [0.05, 0.1) is 19.6 Å². The van der Waals surface area contributed by atoms with Crippen molar-refractivity contribution in [3.05, 3.63) is 34.1 Å². The number of aromatic amines is 1. The molecule has 0 aliphatic rings. The molecule has 0 aliphatic heterocycles. The van der Waals surface area contributed by atoms with Crippen LogP contribution in [0, 0.1) is 11.3 Å². The van der Waals surface area contributed by atoms with E-state index in [4.69, 9.17) is 15.2 Å². The van der Waals surface area contributed by atoms with Crippen LogP contribution in [0.25, 0.3) is 22.2 Å². The number of nitrogen functional groups attached to an aromatic ring is 1. The van der Waals surface area contributed by atoms with Crippen LogP contribution in [0.1, 0.15) is 12.5 Å². The van der Waals surface area contributed by atoms with Crippen molar-refractivity contribution < 1.29 is 9.47 Å². The van der Waals surface area contributed by atoms with Crippen molar-refractivity contribution in [2.24, 2.45) is 0 Å². The molecule has 2 heterocycles. The number of fused-ring (bicyclic) bond motifs is 1. The van der Waals surface area contributed by atoms with Gasteiger partial charge < -0.3 is 20.2 Å². The average molecular weight is 383 g/mol. The van der Waals surface area contributed by atoms with Crippen LogP contribution in [-0.2, 0) is 0 Å². The summed E-state index contributed by atoms with van der Waals surface area (Å²) in [6, 6.07) is 7.15. The van der Waals surface area contributed by atoms with Crippen molar-refractivity contribution in [1.82, 2.24) is 15.0 Å². The number of pyridine rings is 1. The lowest BCUT2D eigenvalue weighted by Gasteiger charge is -2.13. The normalized spacial score (nSPS) is 10.6. The summed E-state index contributed by atoms with van der Waals surface area (Å²) in [7, 11) is 3.04. The van der Waals surface area contributed by atoms with Crippen LogP contribution in [0.15, 0.2) is 28.2 Å². The van der Waals surface area contributed by atoms with Crippen LogP contribution in [0.5, 0.6) is 11.5 Å². The van der Waals surface area contributed by atoms with Gasteiger partial charge in [-0.25, -0.2) is 9.97 Å². The van der Waals surface area contributed by atoms with Crippen LogP contribution in [0.2, 0.25) is 0 Å². The van der Waals surface area contributed by atoms with Gasteiger partial charge in [0.25, 0.3) is 5.56 Å². The molecule has 0 bridgehead atoms. The van der Waals surface area contributed by atoms with E-state index in [-0.39, 0.29) is 28.0 Å². The quantitative estimate of drug-likeness (QED) is 0.508. The SMILES string of the molecule is CCSc1nc2nc(N)c(C#N)c(-c3ccc(OC)c(OC)c3)c2c(=O)[nH]1. The summed E-state index contributed by atoms with van der Waals surface area (Å²) in [4.78, 5) is 24.0. The number of benzene rings is 1. The van der Waals surface area contributed by atoms with E-state index in [0.29, 0.717) is 27.8 Å². The zero-order chi connectivity index (χ0) is 19.6. The first kappa shape index (κ1) is 18.5. The van der Waals surface area contributed by atoms with Gasteiger partial charge in [0.2, 0.25) is 0 Å². The summed E-state index contributed by atoms with van der Waals surface area (Å²) in [6.07, 6.45) is 0. The predicted octanol–water partition coefficient (Wildman–Crippen LogP) is 2.57. The Kier molecular flexibility index (Phi) is 5.19. The minimum Gasteiger partial charge on any atom is -0.493 e. The van der Waals surface area contributed by atoms with Crippen molar-refractivity contribution in [3.8, 4) is 28.7 Å². The Balaban J connectivity index is 2.41. The number of nitrogens with two attached hydrogens (primary N) is 1. The number of aromatic nitrogens is 3. The van der Waals surface area contributed by atoms with Crippen LogP contribution < -0.4 is 20.8 Å². The van der Waals surface area contributed by atoms with E-state index in [2.05, 4.69) is 15.0 Å². The summed E-state index contributed by atoms with van der Waals surface area (Å²) in [6.45, 7) is 1.95. The number of thioether (sulfide) groups is 1. The molecule has 27 heavy (non-hydrogen) atoms. The molecule has 9 heteroatoms. The first-order chi connectivity index (χ1) is 13.0. The number of hydrogen-bond acceptors (Lipinski definition) is 8. The van der Waals surface area contributed by atoms with E-state index in [1.54, 1.807) is 18.2 Å². The van der Waals surface area contributed by atoms with Gasteiger partial charge in [-0.2, -0.15) is 5.26 Å². The fourth-order valence-corrected chi connectivity index (χ4v) is 3.36. The molecule has 0 spiro atoms. The molecule has 3 N–H and O–H groups in total. The number of methoxy groups -OCH3 is 2. The number of rotatable bonds is 5. The molecule has 8 nitrogen and oxygen atoms in total. The van der Waals surface area contributed by atoms with E-state index in [1.807, 2.05) is 13.0 Å². The molecule has 138 valence electrons. The fourth-order valence-electron chi connectivity index (χ4n) is 2.77. The van der Waals surface area contributed by atoms with Crippen LogP contribution >= 0.6 is 11.8 Å². The largest absolute Gasteiger partial charge is 0.493 e. The monoisotopic (exact) mass is 383 g/mol. The molecule has 2 aromatic heterocycles. The Hall–Kier alpha value is -3.25. The highest BCUT2D eigenvalue weighted by molar-refractivity contribution is 7.99. The molecule has 3 rings (SSSR count). The van der Waals surface area contributed by atoms with E-state index < -0.39 is 0 Å². The second kappa shape index (κ2) is 7.55. The van der Waals surface area contributed by atoms with E-state index in [1.165, 1.54) is 26.0 Å². The maximum absolute atomic E-state index is 12.8. The maximum Gasteiger partial charge on any atom is 0.261 e. The summed E-state index contributed by atoms with van der Waals surface area (Å²) >= 11 is 1.38. The van der Waals surface area contributed by atoms with Gasteiger partial charge in [0.1, 0.15) is 17.5 Å². The molecule has 0 fully saturated rings. The Morgan fingerprint density at radius 2 is 2.00 bits per heavy atom. The molecule has 0 atom stereocenters. The third-order valence-electron chi connectivity index (χ3n) is 3.93.